The van der Waals surface area contributed by atoms with Gasteiger partial charge in [0.05, 0.1) is 104 Å². The number of benzene rings is 13. The smallest absolute Gasteiger partial charge is 0.104 e. The van der Waals surface area contributed by atoms with E-state index in [1.807, 2.05) is 109 Å². The van der Waals surface area contributed by atoms with Gasteiger partial charge in [-0.3, -0.25) is 0 Å². The molecule has 0 atom stereocenters. The van der Waals surface area contributed by atoms with Gasteiger partial charge in [0.1, 0.15) is 23.3 Å². The normalized spacial score (nSPS) is 16.1. The van der Waals surface area contributed by atoms with Crippen LogP contribution in [0, 0.1) is 22.7 Å². The predicted molar refractivity (Wildman–Crippen MR) is 347 cm³/mol. The maximum absolute atomic E-state index is 13.4. The molecule has 5 heterocycles. The van der Waals surface area contributed by atoms with E-state index < -0.39 is 244 Å². The SMILES string of the molecule is [2H]c1c([2H])c([2H])c2c(c1[2H])c1c([2H])c([2H])c([2H])c([2H])c1n2-c1c(C#N)c(-n2c3c([2H])c([2H])c([2H])c([2H])c3c3c([2H])c([2H])c([2H])c([2H])c32)c(-n2c3cc(-c4cccc5ccc6ccccc6c45)ccc3c3ccc4c5ccccc5sc4c32)c(C#N)c1-n1c2c([2H])c([2H])c([2H])c([2H])c2c2c([2H])c([2H])c([2H])c([2H])c21. The van der Waals surface area contributed by atoms with Crippen LogP contribution >= 0.6 is 11.3 Å². The van der Waals surface area contributed by atoms with Crippen molar-refractivity contribution in [2.24, 2.45) is 0 Å². The lowest BCUT2D eigenvalue weighted by Crippen LogP contribution is -2.16. The molecule has 18 rings (SSSR count). The van der Waals surface area contributed by atoms with E-state index in [0.717, 1.165) is 45.3 Å². The number of para-hydroxylation sites is 6. The lowest BCUT2D eigenvalue weighted by atomic mass is 9.93. The Bertz CT molecular complexity index is 7250. The highest BCUT2D eigenvalue weighted by Gasteiger charge is 2.35. The molecule has 0 saturated carbocycles. The summed E-state index contributed by atoms with van der Waals surface area (Å²) in [6, 6.07) is 16.8. The zero-order valence-electron chi connectivity index (χ0n) is 66.5. The molecule has 83 heavy (non-hydrogen) atoms. The van der Waals surface area contributed by atoms with Gasteiger partial charge in [0, 0.05) is 58.6 Å². The van der Waals surface area contributed by atoms with Crippen molar-refractivity contribution in [1.29, 1.82) is 10.5 Å². The van der Waals surface area contributed by atoms with E-state index >= 15 is 0 Å². The van der Waals surface area contributed by atoms with Gasteiger partial charge in [-0.1, -0.05) is 206 Å². The average molecular weight is 1100 g/mol. The van der Waals surface area contributed by atoms with Crippen molar-refractivity contribution >= 4 is 140 Å². The molecule has 0 N–H and O–H groups in total. The molecule has 13 aromatic carbocycles. The first-order valence-electron chi connectivity index (χ1n) is 38.0. The standard InChI is InChI=1S/C76H42N6S/c77-43-60-71(79-62-29-10-3-21-50(62)51-22-4-11-30-63(51)79)72(80-64-31-12-5-23-52(64)53-24-6-13-32-65(53)80)61(44-78)74(73(60)81-66-33-14-7-25-54(66)55-26-8-15-34-67(55)81)82-68-42-47(49-28-17-19-46-37-36-45-18-1-2-20-48(45)70(46)49)38-39-56(68)58-40-41-59-57-27-9-16-35-69(57)83-76(59)75(58)82/h1-42H/i3D,4D,5D,6D,7D,8D,10D,11D,12D,13D,14D,15D,21D,22D,23D,24D,25D,26D,29D,30D,31D,32D,33D,34D. The first-order valence-corrected chi connectivity index (χ1v) is 26.8. The summed E-state index contributed by atoms with van der Waals surface area (Å²) < 4.78 is 236. The third-order valence-electron chi connectivity index (χ3n) is 16.0. The van der Waals surface area contributed by atoms with Gasteiger partial charge >= 0.3 is 0 Å². The lowest BCUT2D eigenvalue weighted by molar-refractivity contribution is 1.03. The van der Waals surface area contributed by atoms with Crippen molar-refractivity contribution in [1.82, 2.24) is 18.3 Å². The molecule has 0 bridgehead atoms. The van der Waals surface area contributed by atoms with E-state index in [-0.39, 0.29) is 11.0 Å². The fourth-order valence-electron chi connectivity index (χ4n) is 12.7. The fourth-order valence-corrected chi connectivity index (χ4v) is 13.9. The fraction of sp³-hybridized carbons (Fsp3) is 0. The van der Waals surface area contributed by atoms with Crippen LogP contribution in [0.25, 0.3) is 163 Å². The van der Waals surface area contributed by atoms with Crippen LogP contribution in [0.3, 0.4) is 0 Å². The maximum Gasteiger partial charge on any atom is 0.104 e. The highest BCUT2D eigenvalue weighted by Crippen LogP contribution is 2.51. The van der Waals surface area contributed by atoms with Crippen molar-refractivity contribution in [3.63, 3.8) is 0 Å². The van der Waals surface area contributed by atoms with Crippen LogP contribution in [0.15, 0.2) is 254 Å². The van der Waals surface area contributed by atoms with Crippen molar-refractivity contribution in [3.8, 4) is 46.0 Å². The molecule has 0 saturated heterocycles. The second kappa shape index (κ2) is 17.1. The number of hydrogen-bond donors (Lipinski definition) is 0. The summed E-state index contributed by atoms with van der Waals surface area (Å²) in [5.41, 5.74) is -7.16. The van der Waals surface area contributed by atoms with E-state index in [0.29, 0.717) is 32.0 Å². The summed E-state index contributed by atoms with van der Waals surface area (Å²) in [5, 5.41) is 29.0. The first-order chi connectivity index (χ1) is 51.1. The first kappa shape index (κ1) is 28.3. The minimum absolute atomic E-state index is 0.191. The van der Waals surface area contributed by atoms with Gasteiger partial charge < -0.3 is 18.3 Å². The van der Waals surface area contributed by atoms with Crippen LogP contribution in [0.1, 0.15) is 44.0 Å². The van der Waals surface area contributed by atoms with Gasteiger partial charge in [0.2, 0.25) is 0 Å². The molecule has 0 aliphatic carbocycles. The monoisotopic (exact) mass is 1090 g/mol. The Kier molecular flexibility index (Phi) is 5.84. The van der Waals surface area contributed by atoms with Gasteiger partial charge in [0.25, 0.3) is 0 Å². The van der Waals surface area contributed by atoms with Gasteiger partial charge in [-0.25, -0.2) is 0 Å². The molecule has 0 spiro atoms. The molecule has 0 fully saturated rings. The van der Waals surface area contributed by atoms with Crippen molar-refractivity contribution in [3.05, 3.63) is 265 Å². The third-order valence-corrected chi connectivity index (χ3v) is 17.2. The summed E-state index contributed by atoms with van der Waals surface area (Å²) in [7, 11) is 0. The average Bonchev–Trinajstić information content (AvgIpc) is 1.53. The number of hydrogen-bond acceptors (Lipinski definition) is 3. The predicted octanol–water partition coefficient (Wildman–Crippen LogP) is 20.2. The van der Waals surface area contributed by atoms with Crippen LogP contribution in [0.4, 0.5) is 0 Å². The number of nitrogens with zero attached hydrogens (tertiary/aromatic N) is 6. The summed E-state index contributed by atoms with van der Waals surface area (Å²) >= 11 is 1.30. The molecule has 0 radical (unpaired) electrons. The molecule has 18 aromatic rings. The van der Waals surface area contributed by atoms with Crippen LogP contribution in [0.5, 0.6) is 0 Å². The van der Waals surface area contributed by atoms with Crippen LogP contribution in [-0.2, 0) is 0 Å². The molecule has 0 aliphatic heterocycles. The van der Waals surface area contributed by atoms with Gasteiger partial charge in [0.15, 0.2) is 0 Å². The molecule has 0 unspecified atom stereocenters. The van der Waals surface area contributed by atoms with Gasteiger partial charge in [-0.2, -0.15) is 10.5 Å². The Labute approximate surface area is 511 Å². The van der Waals surface area contributed by atoms with E-state index in [4.69, 9.17) is 2.74 Å². The van der Waals surface area contributed by atoms with Crippen LogP contribution in [0.2, 0.25) is 0 Å². The van der Waals surface area contributed by atoms with Crippen molar-refractivity contribution < 1.29 is 32.9 Å². The number of aromatic nitrogens is 4. The molecule has 5 aromatic heterocycles. The molecule has 382 valence electrons. The van der Waals surface area contributed by atoms with E-state index in [2.05, 4.69) is 12.1 Å². The minimum Gasteiger partial charge on any atom is -0.306 e. The molecule has 0 aliphatic rings. The number of fused-ring (bicyclic) bond motifs is 19. The topological polar surface area (TPSA) is 67.3 Å². The van der Waals surface area contributed by atoms with Gasteiger partial charge in [-0.05, 0) is 81.1 Å². The largest absolute Gasteiger partial charge is 0.306 e. The van der Waals surface area contributed by atoms with Gasteiger partial charge in [-0.15, -0.1) is 11.3 Å². The summed E-state index contributed by atoms with van der Waals surface area (Å²) in [5.74, 6) is 0. The second-order valence-electron chi connectivity index (χ2n) is 19.9. The Balaban J connectivity index is 1.24. The lowest BCUT2D eigenvalue weighted by Gasteiger charge is -2.27. The van der Waals surface area contributed by atoms with E-state index in [1.54, 1.807) is 4.57 Å². The minimum atomic E-state index is -0.985. The molecule has 7 heteroatoms. The number of thiophene rings is 1. The molecular formula is C76H42N6S. The number of nitriles is 2. The summed E-state index contributed by atoms with van der Waals surface area (Å²) in [4.78, 5) is 0. The maximum atomic E-state index is 13.4. The Morgan fingerprint density at radius 1 is 0.337 bits per heavy atom. The van der Waals surface area contributed by atoms with Crippen molar-refractivity contribution in [2.45, 2.75) is 0 Å². The zero-order valence-corrected chi connectivity index (χ0v) is 43.3. The van der Waals surface area contributed by atoms with Crippen molar-refractivity contribution in [2.75, 3.05) is 0 Å². The Morgan fingerprint density at radius 3 is 1.28 bits per heavy atom. The second-order valence-corrected chi connectivity index (χ2v) is 21.0. The number of rotatable bonds is 5. The van der Waals surface area contributed by atoms with Crippen LogP contribution in [-0.4, -0.2) is 18.3 Å². The summed E-state index contributed by atoms with van der Waals surface area (Å²) in [6.45, 7) is 0. The molecular weight excluding hydrogens is 1030 g/mol. The zero-order chi connectivity index (χ0) is 75.5. The highest BCUT2D eigenvalue weighted by molar-refractivity contribution is 7.26. The molecule has 0 amide bonds. The van der Waals surface area contributed by atoms with E-state index in [9.17, 15) is 40.7 Å². The quantitative estimate of drug-likeness (QED) is 0.161. The highest BCUT2D eigenvalue weighted by atomic mass is 32.1. The molecule has 6 nitrogen and oxygen atoms in total. The third kappa shape index (κ3) is 6.13. The Hall–Kier alpha value is -11.2. The summed E-state index contributed by atoms with van der Waals surface area (Å²) in [6.07, 6.45) is 0. The Morgan fingerprint density at radius 2 is 0.759 bits per heavy atom. The van der Waals surface area contributed by atoms with E-state index in [1.165, 1.54) is 11.3 Å². The van der Waals surface area contributed by atoms with Crippen LogP contribution < -0.4 is 0 Å².